The third kappa shape index (κ3) is 4.23. The van der Waals surface area contributed by atoms with Crippen LogP contribution in [0.15, 0.2) is 29.2 Å². The smallest absolute Gasteiger partial charge is 0.289 e. The Balaban J connectivity index is 2.09. The molecule has 0 bridgehead atoms. The van der Waals surface area contributed by atoms with E-state index in [-0.39, 0.29) is 17.5 Å². The van der Waals surface area contributed by atoms with Crippen LogP contribution in [0.3, 0.4) is 0 Å². The molecule has 7 nitrogen and oxygen atoms in total. The molecule has 1 saturated heterocycles. The van der Waals surface area contributed by atoms with Gasteiger partial charge in [-0.3, -0.25) is 10.1 Å². The first-order valence-corrected chi connectivity index (χ1v) is 8.45. The maximum absolute atomic E-state index is 12.2. The average Bonchev–Trinajstić information content (AvgIpc) is 2.74. The van der Waals surface area contributed by atoms with Gasteiger partial charge in [0.1, 0.15) is 0 Å². The van der Waals surface area contributed by atoms with Crippen LogP contribution in [0.25, 0.3) is 0 Å². The minimum Gasteiger partial charge on any atom is -0.313 e. The first kappa shape index (κ1) is 15.9. The zero-order valence-corrected chi connectivity index (χ0v) is 12.4. The molecule has 0 aromatic heterocycles. The Bertz CT molecular complexity index is 595. The average molecular weight is 313 g/mol. The second-order valence-corrected chi connectivity index (χ2v) is 6.81. The van der Waals surface area contributed by atoms with E-state index in [1.54, 1.807) is 0 Å². The highest BCUT2D eigenvalue weighted by molar-refractivity contribution is 7.89. The number of sulfonamides is 1. The SMILES string of the molecule is O=[N+]([O-])c1ccccc1S(=O)(=O)NCC1CCCCCN1. The summed E-state index contributed by atoms with van der Waals surface area (Å²) in [7, 11) is -3.88. The summed E-state index contributed by atoms with van der Waals surface area (Å²) in [6.45, 7) is 1.12. The van der Waals surface area contributed by atoms with E-state index in [4.69, 9.17) is 0 Å². The van der Waals surface area contributed by atoms with Gasteiger partial charge in [-0.25, -0.2) is 13.1 Å². The Kier molecular flexibility index (Phi) is 5.27. The summed E-state index contributed by atoms with van der Waals surface area (Å²) in [5.41, 5.74) is -0.404. The molecule has 1 heterocycles. The van der Waals surface area contributed by atoms with Crippen LogP contribution in [0.4, 0.5) is 5.69 Å². The zero-order valence-electron chi connectivity index (χ0n) is 11.6. The molecule has 2 rings (SSSR count). The predicted octanol–water partition coefficient (Wildman–Crippen LogP) is 1.41. The lowest BCUT2D eigenvalue weighted by Gasteiger charge is -2.16. The normalized spacial score (nSPS) is 19.9. The number of nitro groups is 1. The van der Waals surface area contributed by atoms with E-state index in [0.29, 0.717) is 0 Å². The quantitative estimate of drug-likeness (QED) is 0.632. The van der Waals surface area contributed by atoms with Crippen LogP contribution >= 0.6 is 0 Å². The van der Waals surface area contributed by atoms with Crippen molar-refractivity contribution < 1.29 is 13.3 Å². The van der Waals surface area contributed by atoms with Crippen LogP contribution in [0, 0.1) is 10.1 Å². The topological polar surface area (TPSA) is 101 Å². The number of nitrogens with zero attached hydrogens (tertiary/aromatic N) is 1. The van der Waals surface area contributed by atoms with Crippen molar-refractivity contribution in [1.29, 1.82) is 0 Å². The summed E-state index contributed by atoms with van der Waals surface area (Å²) in [5.74, 6) is 0. The summed E-state index contributed by atoms with van der Waals surface area (Å²) >= 11 is 0. The molecule has 1 aromatic rings. The van der Waals surface area contributed by atoms with Crippen molar-refractivity contribution >= 4 is 15.7 Å². The van der Waals surface area contributed by atoms with E-state index in [1.165, 1.54) is 24.3 Å². The first-order valence-electron chi connectivity index (χ1n) is 6.97. The van der Waals surface area contributed by atoms with Crippen molar-refractivity contribution in [3.63, 3.8) is 0 Å². The number of benzene rings is 1. The van der Waals surface area contributed by atoms with Gasteiger partial charge in [0.25, 0.3) is 5.69 Å². The fraction of sp³-hybridized carbons (Fsp3) is 0.538. The molecule has 1 fully saturated rings. The van der Waals surface area contributed by atoms with E-state index < -0.39 is 20.6 Å². The van der Waals surface area contributed by atoms with Crippen LogP contribution in [-0.4, -0.2) is 32.5 Å². The van der Waals surface area contributed by atoms with Gasteiger partial charge in [-0.05, 0) is 25.5 Å². The molecular weight excluding hydrogens is 294 g/mol. The van der Waals surface area contributed by atoms with Gasteiger partial charge in [0.15, 0.2) is 4.90 Å². The summed E-state index contributed by atoms with van der Waals surface area (Å²) in [5, 5.41) is 14.2. The zero-order chi connectivity index (χ0) is 15.3. The van der Waals surface area contributed by atoms with Gasteiger partial charge in [0, 0.05) is 18.7 Å². The van der Waals surface area contributed by atoms with Crippen LogP contribution < -0.4 is 10.0 Å². The molecule has 1 aromatic carbocycles. The van der Waals surface area contributed by atoms with E-state index in [1.807, 2.05) is 0 Å². The van der Waals surface area contributed by atoms with E-state index >= 15 is 0 Å². The lowest BCUT2D eigenvalue weighted by Crippen LogP contribution is -2.40. The number of hydrogen-bond donors (Lipinski definition) is 2. The van der Waals surface area contributed by atoms with Crippen molar-refractivity contribution in [3.05, 3.63) is 34.4 Å². The molecule has 1 atom stereocenters. The molecule has 0 radical (unpaired) electrons. The molecule has 2 N–H and O–H groups in total. The van der Waals surface area contributed by atoms with Gasteiger partial charge in [-0.1, -0.05) is 25.0 Å². The molecule has 1 unspecified atom stereocenters. The first-order chi connectivity index (χ1) is 10.0. The van der Waals surface area contributed by atoms with Gasteiger partial charge < -0.3 is 5.32 Å². The molecule has 0 spiro atoms. The minimum atomic E-state index is -3.88. The standard InChI is InChI=1S/C13H19N3O4S/c17-16(18)12-7-3-4-8-13(12)21(19,20)15-10-11-6-2-1-5-9-14-11/h3-4,7-8,11,14-15H,1-2,5-6,9-10H2. The fourth-order valence-corrected chi connectivity index (χ4v) is 3.65. The molecule has 0 aliphatic carbocycles. The Labute approximate surface area is 123 Å². The van der Waals surface area contributed by atoms with Crippen LogP contribution in [0.5, 0.6) is 0 Å². The molecule has 0 saturated carbocycles. The molecule has 21 heavy (non-hydrogen) atoms. The third-order valence-corrected chi connectivity index (χ3v) is 5.00. The van der Waals surface area contributed by atoms with Gasteiger partial charge in [0.2, 0.25) is 10.0 Å². The second kappa shape index (κ2) is 6.97. The Morgan fingerprint density at radius 1 is 1.29 bits per heavy atom. The van der Waals surface area contributed by atoms with Crippen molar-refractivity contribution in [1.82, 2.24) is 10.0 Å². The van der Waals surface area contributed by atoms with Crippen LogP contribution in [0.1, 0.15) is 25.7 Å². The van der Waals surface area contributed by atoms with Crippen molar-refractivity contribution in [2.75, 3.05) is 13.1 Å². The number of hydrogen-bond acceptors (Lipinski definition) is 5. The predicted molar refractivity (Wildman–Crippen MR) is 78.5 cm³/mol. The maximum Gasteiger partial charge on any atom is 0.289 e. The molecule has 1 aliphatic rings. The third-order valence-electron chi connectivity index (χ3n) is 3.53. The van der Waals surface area contributed by atoms with Gasteiger partial charge >= 0.3 is 0 Å². The summed E-state index contributed by atoms with van der Waals surface area (Å²) < 4.78 is 27.0. The number of nitro benzene ring substituents is 1. The lowest BCUT2D eigenvalue weighted by molar-refractivity contribution is -0.387. The van der Waals surface area contributed by atoms with Gasteiger partial charge in [-0.2, -0.15) is 0 Å². The van der Waals surface area contributed by atoms with Gasteiger partial charge in [0.05, 0.1) is 4.92 Å². The van der Waals surface area contributed by atoms with Crippen molar-refractivity contribution in [3.8, 4) is 0 Å². The van der Waals surface area contributed by atoms with Crippen LogP contribution in [-0.2, 0) is 10.0 Å². The summed E-state index contributed by atoms with van der Waals surface area (Å²) in [6, 6.07) is 5.44. The number of nitrogens with one attached hydrogen (secondary N) is 2. The second-order valence-electron chi connectivity index (χ2n) is 5.08. The van der Waals surface area contributed by atoms with E-state index in [9.17, 15) is 18.5 Å². The molecular formula is C13H19N3O4S. The Morgan fingerprint density at radius 2 is 2.05 bits per heavy atom. The lowest BCUT2D eigenvalue weighted by atomic mass is 10.1. The Morgan fingerprint density at radius 3 is 2.81 bits per heavy atom. The molecule has 8 heteroatoms. The van der Waals surface area contributed by atoms with Crippen molar-refractivity contribution in [2.45, 2.75) is 36.6 Å². The number of rotatable bonds is 5. The fourth-order valence-electron chi connectivity index (χ4n) is 2.40. The summed E-state index contributed by atoms with van der Waals surface area (Å²) in [4.78, 5) is 9.95. The van der Waals surface area contributed by atoms with Crippen molar-refractivity contribution in [2.24, 2.45) is 0 Å². The van der Waals surface area contributed by atoms with E-state index in [2.05, 4.69) is 10.0 Å². The minimum absolute atomic E-state index is 0.0741. The van der Waals surface area contributed by atoms with Crippen LogP contribution in [0.2, 0.25) is 0 Å². The monoisotopic (exact) mass is 313 g/mol. The highest BCUT2D eigenvalue weighted by Crippen LogP contribution is 2.22. The molecule has 0 amide bonds. The molecule has 116 valence electrons. The highest BCUT2D eigenvalue weighted by Gasteiger charge is 2.25. The highest BCUT2D eigenvalue weighted by atomic mass is 32.2. The molecule has 1 aliphatic heterocycles. The van der Waals surface area contributed by atoms with E-state index in [0.717, 1.165) is 32.2 Å². The number of para-hydroxylation sites is 1. The maximum atomic E-state index is 12.2. The summed E-state index contributed by atoms with van der Waals surface area (Å²) in [6.07, 6.45) is 4.19. The largest absolute Gasteiger partial charge is 0.313 e. The Hall–Kier alpha value is -1.51. The van der Waals surface area contributed by atoms with Gasteiger partial charge in [-0.15, -0.1) is 0 Å².